The van der Waals surface area contributed by atoms with Crippen LogP contribution in [0, 0.1) is 0 Å². The van der Waals surface area contributed by atoms with E-state index in [-0.39, 0.29) is 6.04 Å². The van der Waals surface area contributed by atoms with Crippen molar-refractivity contribution in [3.05, 3.63) is 10.8 Å². The Kier molecular flexibility index (Phi) is 2.60. The number of nitrogens with zero attached hydrogens (tertiary/aromatic N) is 4. The summed E-state index contributed by atoms with van der Waals surface area (Å²) in [5.74, 6) is 0.492. The third kappa shape index (κ3) is 1.58. The molecule has 80 valence electrons. The Morgan fingerprint density at radius 2 is 2.20 bits per heavy atom. The van der Waals surface area contributed by atoms with Crippen molar-refractivity contribution in [1.29, 1.82) is 0 Å². The fourth-order valence-electron chi connectivity index (χ4n) is 1.46. The summed E-state index contributed by atoms with van der Waals surface area (Å²) in [5.41, 5.74) is 0.920. The molecule has 2 aromatic rings. The maximum Gasteiger partial charge on any atom is 0.245 e. The predicted molar refractivity (Wildman–Crippen MR) is 60.0 cm³/mol. The summed E-state index contributed by atoms with van der Waals surface area (Å²) in [6.45, 7) is 4.12. The maximum absolute atomic E-state index is 5.14. The summed E-state index contributed by atoms with van der Waals surface area (Å²) in [6.07, 6.45) is 1.69. The Morgan fingerprint density at radius 3 is 2.80 bits per heavy atom. The number of hydrogen-bond acceptors (Lipinski definition) is 4. The molecule has 0 saturated heterocycles. The first-order chi connectivity index (χ1) is 7.15. The smallest absolute Gasteiger partial charge is 0.245 e. The standard InChI is InChI=1S/C9H11BrN4O/c1-5(2)14-6-4-11-12-9(15-3)7(6)8(10)13-14/h4-5H,1-3H3. The summed E-state index contributed by atoms with van der Waals surface area (Å²) >= 11 is 3.40. The van der Waals surface area contributed by atoms with Crippen molar-refractivity contribution >= 4 is 26.8 Å². The first-order valence-corrected chi connectivity index (χ1v) is 5.37. The van der Waals surface area contributed by atoms with Gasteiger partial charge in [0.25, 0.3) is 0 Å². The normalized spacial score (nSPS) is 11.3. The molecule has 0 unspecified atom stereocenters. The molecule has 15 heavy (non-hydrogen) atoms. The zero-order valence-electron chi connectivity index (χ0n) is 8.73. The highest BCUT2D eigenvalue weighted by Crippen LogP contribution is 2.30. The van der Waals surface area contributed by atoms with Crippen LogP contribution in [-0.2, 0) is 0 Å². The van der Waals surface area contributed by atoms with Crippen molar-refractivity contribution in [2.24, 2.45) is 0 Å². The van der Waals surface area contributed by atoms with Crippen molar-refractivity contribution in [2.75, 3.05) is 7.11 Å². The number of methoxy groups -OCH3 is 1. The molecule has 0 spiro atoms. The van der Waals surface area contributed by atoms with Crippen LogP contribution in [-0.4, -0.2) is 27.1 Å². The molecule has 0 aliphatic rings. The molecule has 0 fully saturated rings. The second-order valence-corrected chi connectivity index (χ2v) is 4.19. The molecule has 0 saturated carbocycles. The van der Waals surface area contributed by atoms with Crippen LogP contribution in [0.2, 0.25) is 0 Å². The fraction of sp³-hybridized carbons (Fsp3) is 0.444. The van der Waals surface area contributed by atoms with Gasteiger partial charge in [-0.1, -0.05) is 0 Å². The lowest BCUT2D eigenvalue weighted by atomic mass is 10.3. The van der Waals surface area contributed by atoms with E-state index in [1.807, 2.05) is 4.68 Å². The molecule has 2 rings (SSSR count). The number of aromatic nitrogens is 4. The molecule has 0 aliphatic heterocycles. The van der Waals surface area contributed by atoms with Gasteiger partial charge in [0.1, 0.15) is 4.60 Å². The first kappa shape index (κ1) is 10.4. The zero-order chi connectivity index (χ0) is 11.0. The highest BCUT2D eigenvalue weighted by molar-refractivity contribution is 9.10. The van der Waals surface area contributed by atoms with Crippen LogP contribution in [0.15, 0.2) is 10.8 Å². The van der Waals surface area contributed by atoms with Crippen LogP contribution in [0.3, 0.4) is 0 Å². The molecule has 0 amide bonds. The quantitative estimate of drug-likeness (QED) is 0.840. The van der Waals surface area contributed by atoms with Crippen molar-refractivity contribution in [1.82, 2.24) is 20.0 Å². The van der Waals surface area contributed by atoms with Gasteiger partial charge in [0, 0.05) is 6.04 Å². The average Bonchev–Trinajstić information content (AvgIpc) is 2.56. The van der Waals surface area contributed by atoms with Crippen LogP contribution >= 0.6 is 15.9 Å². The van der Waals surface area contributed by atoms with E-state index in [1.54, 1.807) is 13.3 Å². The molecule has 2 aromatic heterocycles. The Bertz CT molecular complexity index is 494. The SMILES string of the molecule is COc1nncc2c1c(Br)nn2C(C)C. The van der Waals surface area contributed by atoms with Crippen molar-refractivity contribution in [3.8, 4) is 5.88 Å². The Labute approximate surface area is 95.6 Å². The average molecular weight is 271 g/mol. The molecular formula is C9H11BrN4O. The van der Waals surface area contributed by atoms with Crippen LogP contribution in [0.25, 0.3) is 10.9 Å². The van der Waals surface area contributed by atoms with E-state index < -0.39 is 0 Å². The molecule has 0 N–H and O–H groups in total. The molecule has 5 nitrogen and oxygen atoms in total. The second-order valence-electron chi connectivity index (χ2n) is 3.44. The molecule has 2 heterocycles. The van der Waals surface area contributed by atoms with Gasteiger partial charge in [-0.3, -0.25) is 4.68 Å². The third-order valence-corrected chi connectivity index (χ3v) is 2.68. The summed E-state index contributed by atoms with van der Waals surface area (Å²) in [5, 5.41) is 13.0. The lowest BCUT2D eigenvalue weighted by molar-refractivity contribution is 0.397. The van der Waals surface area contributed by atoms with Crippen molar-refractivity contribution < 1.29 is 4.74 Å². The van der Waals surface area contributed by atoms with Gasteiger partial charge in [-0.2, -0.15) is 10.2 Å². The van der Waals surface area contributed by atoms with Crippen LogP contribution in [0.1, 0.15) is 19.9 Å². The number of hydrogen-bond donors (Lipinski definition) is 0. The van der Waals surface area contributed by atoms with E-state index in [1.165, 1.54) is 0 Å². The molecule has 6 heteroatoms. The van der Waals surface area contributed by atoms with Gasteiger partial charge >= 0.3 is 0 Å². The van der Waals surface area contributed by atoms with Gasteiger partial charge in [-0.15, -0.1) is 5.10 Å². The fourth-order valence-corrected chi connectivity index (χ4v) is 2.01. The predicted octanol–water partition coefficient (Wildman–Crippen LogP) is 2.18. The summed E-state index contributed by atoms with van der Waals surface area (Å²) in [4.78, 5) is 0. The second kappa shape index (κ2) is 3.77. The van der Waals surface area contributed by atoms with Gasteiger partial charge in [0.05, 0.1) is 24.2 Å². The molecule has 0 atom stereocenters. The Hall–Kier alpha value is -1.17. The molecule has 0 bridgehead atoms. The number of fused-ring (bicyclic) bond motifs is 1. The number of rotatable bonds is 2. The van der Waals surface area contributed by atoms with Gasteiger partial charge in [-0.25, -0.2) is 0 Å². The zero-order valence-corrected chi connectivity index (χ0v) is 10.3. The number of halogens is 1. The monoisotopic (exact) mass is 270 g/mol. The van der Waals surface area contributed by atoms with Gasteiger partial charge in [0.2, 0.25) is 5.88 Å². The summed E-state index contributed by atoms with van der Waals surface area (Å²) < 4.78 is 7.76. The van der Waals surface area contributed by atoms with Crippen molar-refractivity contribution in [2.45, 2.75) is 19.9 Å². The van der Waals surface area contributed by atoms with Crippen LogP contribution < -0.4 is 4.74 Å². The molecule has 0 aliphatic carbocycles. The molecule has 0 aromatic carbocycles. The van der Waals surface area contributed by atoms with Gasteiger partial charge in [-0.05, 0) is 29.8 Å². The van der Waals surface area contributed by atoms with Gasteiger partial charge in [0.15, 0.2) is 0 Å². The Morgan fingerprint density at radius 1 is 1.47 bits per heavy atom. The van der Waals surface area contributed by atoms with E-state index >= 15 is 0 Å². The van der Waals surface area contributed by atoms with E-state index in [2.05, 4.69) is 45.1 Å². The van der Waals surface area contributed by atoms with Crippen LogP contribution in [0.4, 0.5) is 0 Å². The summed E-state index contributed by atoms with van der Waals surface area (Å²) in [6, 6.07) is 0.271. The van der Waals surface area contributed by atoms with Gasteiger partial charge < -0.3 is 4.74 Å². The van der Waals surface area contributed by atoms with Crippen LogP contribution in [0.5, 0.6) is 5.88 Å². The lowest BCUT2D eigenvalue weighted by Crippen LogP contribution is -2.02. The summed E-state index contributed by atoms with van der Waals surface area (Å²) in [7, 11) is 1.57. The molecule has 0 radical (unpaired) electrons. The minimum atomic E-state index is 0.271. The largest absolute Gasteiger partial charge is 0.479 e. The van der Waals surface area contributed by atoms with E-state index in [4.69, 9.17) is 4.74 Å². The minimum absolute atomic E-state index is 0.271. The highest BCUT2D eigenvalue weighted by atomic mass is 79.9. The first-order valence-electron chi connectivity index (χ1n) is 4.58. The topological polar surface area (TPSA) is 52.8 Å². The lowest BCUT2D eigenvalue weighted by Gasteiger charge is -2.06. The van der Waals surface area contributed by atoms with E-state index in [0.29, 0.717) is 5.88 Å². The van der Waals surface area contributed by atoms with Crippen molar-refractivity contribution in [3.63, 3.8) is 0 Å². The number of ether oxygens (including phenoxy) is 1. The van der Waals surface area contributed by atoms with E-state index in [0.717, 1.165) is 15.5 Å². The highest BCUT2D eigenvalue weighted by Gasteiger charge is 2.16. The van der Waals surface area contributed by atoms with E-state index in [9.17, 15) is 0 Å². The third-order valence-electron chi connectivity index (χ3n) is 2.13. The maximum atomic E-state index is 5.14. The Balaban J connectivity index is 2.79. The molecular weight excluding hydrogens is 260 g/mol. The minimum Gasteiger partial charge on any atom is -0.479 e.